The SMILES string of the molecule is COC(=O)Cc1cc(C)c([N+](=O)[O-])c(Cl)c1. The van der Waals surface area contributed by atoms with Crippen molar-refractivity contribution in [3.05, 3.63) is 38.4 Å². The Morgan fingerprint density at radius 3 is 2.62 bits per heavy atom. The Kier molecular flexibility index (Phi) is 3.84. The van der Waals surface area contributed by atoms with Crippen LogP contribution in [0.3, 0.4) is 0 Å². The highest BCUT2D eigenvalue weighted by molar-refractivity contribution is 6.32. The Bertz CT molecular complexity index is 421. The molecule has 0 amide bonds. The molecule has 0 atom stereocenters. The van der Waals surface area contributed by atoms with Crippen molar-refractivity contribution >= 4 is 23.3 Å². The molecule has 0 fully saturated rings. The van der Waals surface area contributed by atoms with Gasteiger partial charge in [0, 0.05) is 5.56 Å². The lowest BCUT2D eigenvalue weighted by atomic mass is 10.1. The number of rotatable bonds is 3. The molecular weight excluding hydrogens is 234 g/mol. The molecule has 0 unspecified atom stereocenters. The van der Waals surface area contributed by atoms with Crippen molar-refractivity contribution in [3.63, 3.8) is 0 Å². The predicted molar refractivity (Wildman–Crippen MR) is 58.6 cm³/mol. The molecule has 0 saturated heterocycles. The maximum absolute atomic E-state index is 11.0. The summed E-state index contributed by atoms with van der Waals surface area (Å²) in [6, 6.07) is 2.96. The number of benzene rings is 1. The molecule has 0 heterocycles. The van der Waals surface area contributed by atoms with Gasteiger partial charge in [0.05, 0.1) is 18.5 Å². The number of nitrogens with zero attached hydrogens (tertiary/aromatic N) is 1. The highest BCUT2D eigenvalue weighted by Crippen LogP contribution is 2.29. The Morgan fingerprint density at radius 1 is 1.56 bits per heavy atom. The van der Waals surface area contributed by atoms with Gasteiger partial charge in [-0.05, 0) is 24.6 Å². The molecule has 1 aromatic carbocycles. The van der Waals surface area contributed by atoms with E-state index in [1.165, 1.54) is 13.2 Å². The van der Waals surface area contributed by atoms with E-state index in [4.69, 9.17) is 11.6 Å². The summed E-state index contributed by atoms with van der Waals surface area (Å²) in [5.41, 5.74) is 0.895. The third-order valence-corrected chi connectivity index (χ3v) is 2.36. The third kappa shape index (κ3) is 2.70. The van der Waals surface area contributed by atoms with Gasteiger partial charge in [-0.2, -0.15) is 0 Å². The Balaban J connectivity index is 3.10. The van der Waals surface area contributed by atoms with Crippen LogP contribution in [0.1, 0.15) is 11.1 Å². The first-order valence-electron chi connectivity index (χ1n) is 4.46. The highest BCUT2D eigenvalue weighted by Gasteiger charge is 2.17. The topological polar surface area (TPSA) is 69.4 Å². The molecule has 1 aromatic rings. The molecule has 16 heavy (non-hydrogen) atoms. The van der Waals surface area contributed by atoms with Crippen molar-refractivity contribution in [3.8, 4) is 0 Å². The van der Waals surface area contributed by atoms with Gasteiger partial charge in [-0.3, -0.25) is 14.9 Å². The van der Waals surface area contributed by atoms with Gasteiger partial charge in [-0.1, -0.05) is 11.6 Å². The number of nitro groups is 1. The van der Waals surface area contributed by atoms with E-state index in [0.717, 1.165) is 0 Å². The van der Waals surface area contributed by atoms with Crippen molar-refractivity contribution in [2.75, 3.05) is 7.11 Å². The summed E-state index contributed by atoms with van der Waals surface area (Å²) in [6.07, 6.45) is 0.0506. The van der Waals surface area contributed by atoms with E-state index in [2.05, 4.69) is 4.74 Å². The first kappa shape index (κ1) is 12.4. The van der Waals surface area contributed by atoms with Gasteiger partial charge in [-0.25, -0.2) is 0 Å². The van der Waals surface area contributed by atoms with Crippen molar-refractivity contribution in [1.82, 2.24) is 0 Å². The fraction of sp³-hybridized carbons (Fsp3) is 0.300. The monoisotopic (exact) mass is 243 g/mol. The van der Waals surface area contributed by atoms with E-state index in [-0.39, 0.29) is 17.1 Å². The number of nitro benzene ring substituents is 1. The zero-order valence-electron chi connectivity index (χ0n) is 8.82. The van der Waals surface area contributed by atoms with Gasteiger partial charge in [0.25, 0.3) is 5.69 Å². The molecule has 0 N–H and O–H groups in total. The summed E-state index contributed by atoms with van der Waals surface area (Å²) < 4.78 is 4.50. The third-order valence-electron chi connectivity index (χ3n) is 2.07. The van der Waals surface area contributed by atoms with E-state index in [1.54, 1.807) is 13.0 Å². The quantitative estimate of drug-likeness (QED) is 0.464. The van der Waals surface area contributed by atoms with Crippen LogP contribution in [0.4, 0.5) is 5.69 Å². The van der Waals surface area contributed by atoms with Crippen LogP contribution in [-0.4, -0.2) is 18.0 Å². The smallest absolute Gasteiger partial charge is 0.309 e. The number of carbonyl (C=O) groups is 1. The average molecular weight is 244 g/mol. The minimum absolute atomic E-state index is 0.0314. The predicted octanol–water partition coefficient (Wildman–Crippen LogP) is 2.27. The number of carbonyl (C=O) groups excluding carboxylic acids is 1. The van der Waals surface area contributed by atoms with Crippen LogP contribution in [0.5, 0.6) is 0 Å². The standard InChI is InChI=1S/C10H10ClNO4/c1-6-3-7(5-9(13)16-2)4-8(11)10(6)12(14)15/h3-4H,5H2,1-2H3. The van der Waals surface area contributed by atoms with Crippen molar-refractivity contribution in [2.45, 2.75) is 13.3 Å². The fourth-order valence-corrected chi connectivity index (χ4v) is 1.74. The largest absolute Gasteiger partial charge is 0.469 e. The van der Waals surface area contributed by atoms with Crippen LogP contribution >= 0.6 is 11.6 Å². The number of hydrogen-bond donors (Lipinski definition) is 0. The molecular formula is C10H10ClNO4. The summed E-state index contributed by atoms with van der Waals surface area (Å²) in [6.45, 7) is 1.57. The first-order chi connectivity index (χ1) is 7.45. The maximum atomic E-state index is 11.0. The minimum Gasteiger partial charge on any atom is -0.469 e. The second kappa shape index (κ2) is 4.94. The molecule has 5 nitrogen and oxygen atoms in total. The Morgan fingerprint density at radius 2 is 2.19 bits per heavy atom. The van der Waals surface area contributed by atoms with E-state index in [9.17, 15) is 14.9 Å². The van der Waals surface area contributed by atoms with Crippen LogP contribution in [0.15, 0.2) is 12.1 Å². The zero-order chi connectivity index (χ0) is 12.3. The van der Waals surface area contributed by atoms with Crippen molar-refractivity contribution in [2.24, 2.45) is 0 Å². The van der Waals surface area contributed by atoms with Gasteiger partial charge >= 0.3 is 5.97 Å². The summed E-state index contributed by atoms with van der Waals surface area (Å²) in [5, 5.41) is 10.7. The summed E-state index contributed by atoms with van der Waals surface area (Å²) in [5.74, 6) is -0.413. The van der Waals surface area contributed by atoms with Gasteiger partial charge in [0.2, 0.25) is 0 Å². The maximum Gasteiger partial charge on any atom is 0.309 e. The molecule has 6 heteroatoms. The highest BCUT2D eigenvalue weighted by atomic mass is 35.5. The summed E-state index contributed by atoms with van der Waals surface area (Å²) in [4.78, 5) is 21.1. The lowest BCUT2D eigenvalue weighted by molar-refractivity contribution is -0.385. The molecule has 0 spiro atoms. The fourth-order valence-electron chi connectivity index (χ4n) is 1.38. The average Bonchev–Trinajstić information content (AvgIpc) is 2.15. The molecule has 1 rings (SSSR count). The van der Waals surface area contributed by atoms with E-state index >= 15 is 0 Å². The molecule has 0 aromatic heterocycles. The lowest BCUT2D eigenvalue weighted by Crippen LogP contribution is -2.05. The van der Waals surface area contributed by atoms with Crippen LogP contribution < -0.4 is 0 Å². The zero-order valence-corrected chi connectivity index (χ0v) is 9.58. The van der Waals surface area contributed by atoms with E-state index in [0.29, 0.717) is 11.1 Å². The first-order valence-corrected chi connectivity index (χ1v) is 4.83. The van der Waals surface area contributed by atoms with Gasteiger partial charge in [-0.15, -0.1) is 0 Å². The molecule has 86 valence electrons. The number of aryl methyl sites for hydroxylation is 1. The summed E-state index contributed by atoms with van der Waals surface area (Å²) >= 11 is 5.76. The number of halogens is 1. The van der Waals surface area contributed by atoms with Gasteiger partial charge in [0.15, 0.2) is 0 Å². The number of esters is 1. The molecule has 0 aliphatic heterocycles. The molecule has 0 saturated carbocycles. The second-order valence-electron chi connectivity index (χ2n) is 3.25. The van der Waals surface area contributed by atoms with Gasteiger partial charge < -0.3 is 4.74 Å². The van der Waals surface area contributed by atoms with E-state index < -0.39 is 10.9 Å². The minimum atomic E-state index is -0.542. The Labute approximate surface area is 97.1 Å². The summed E-state index contributed by atoms with van der Waals surface area (Å²) in [7, 11) is 1.28. The van der Waals surface area contributed by atoms with Crippen LogP contribution in [-0.2, 0) is 16.0 Å². The van der Waals surface area contributed by atoms with Crippen LogP contribution in [0.2, 0.25) is 5.02 Å². The normalized spacial score (nSPS) is 9.94. The Hall–Kier alpha value is -1.62. The van der Waals surface area contributed by atoms with Crippen LogP contribution in [0.25, 0.3) is 0 Å². The second-order valence-corrected chi connectivity index (χ2v) is 3.66. The molecule has 0 bridgehead atoms. The molecule has 0 aliphatic rings. The van der Waals surface area contributed by atoms with E-state index in [1.807, 2.05) is 0 Å². The van der Waals surface area contributed by atoms with Crippen molar-refractivity contribution < 1.29 is 14.5 Å². The number of methoxy groups -OCH3 is 1. The number of ether oxygens (including phenoxy) is 1. The molecule has 0 aliphatic carbocycles. The van der Waals surface area contributed by atoms with Crippen molar-refractivity contribution in [1.29, 1.82) is 0 Å². The number of hydrogen-bond acceptors (Lipinski definition) is 4. The molecule has 0 radical (unpaired) electrons. The van der Waals surface area contributed by atoms with Crippen LogP contribution in [0, 0.1) is 17.0 Å². The van der Waals surface area contributed by atoms with Gasteiger partial charge in [0.1, 0.15) is 5.02 Å². The lowest BCUT2D eigenvalue weighted by Gasteiger charge is -2.04.